The van der Waals surface area contributed by atoms with E-state index in [2.05, 4.69) is 17.4 Å². The van der Waals surface area contributed by atoms with Crippen LogP contribution in [-0.4, -0.2) is 27.7 Å². The highest BCUT2D eigenvalue weighted by molar-refractivity contribution is 5.92. The largest absolute Gasteiger partial charge is 0.283 e. The SMILES string of the molecule is CCC1N(C)NC(=O)c2cc(C)nn21. The zero-order valence-corrected chi connectivity index (χ0v) is 8.61. The maximum atomic E-state index is 11.6. The topological polar surface area (TPSA) is 50.2 Å². The van der Waals surface area contributed by atoms with Crippen molar-refractivity contribution in [1.29, 1.82) is 0 Å². The highest BCUT2D eigenvalue weighted by Gasteiger charge is 2.28. The van der Waals surface area contributed by atoms with E-state index in [0.717, 1.165) is 12.1 Å². The molecule has 2 rings (SSSR count). The Balaban J connectivity index is 2.50. The smallest absolute Gasteiger partial charge is 0.282 e. The third-order valence-electron chi connectivity index (χ3n) is 2.46. The Bertz CT molecular complexity index is 371. The minimum absolute atomic E-state index is 0.0854. The summed E-state index contributed by atoms with van der Waals surface area (Å²) < 4.78 is 1.79. The van der Waals surface area contributed by atoms with Gasteiger partial charge < -0.3 is 0 Å². The molecule has 5 nitrogen and oxygen atoms in total. The zero-order valence-electron chi connectivity index (χ0n) is 8.61. The highest BCUT2D eigenvalue weighted by atomic mass is 16.2. The molecule has 0 saturated heterocycles. The second kappa shape index (κ2) is 3.09. The van der Waals surface area contributed by atoms with Gasteiger partial charge in [-0.1, -0.05) is 6.92 Å². The Morgan fingerprint density at radius 3 is 3.00 bits per heavy atom. The van der Waals surface area contributed by atoms with Crippen molar-refractivity contribution < 1.29 is 4.79 Å². The van der Waals surface area contributed by atoms with Gasteiger partial charge >= 0.3 is 0 Å². The molecule has 1 aliphatic heterocycles. The number of hydrogen-bond donors (Lipinski definition) is 1. The second-order valence-corrected chi connectivity index (χ2v) is 3.56. The molecule has 1 aromatic heterocycles. The quantitative estimate of drug-likeness (QED) is 0.715. The monoisotopic (exact) mass is 194 g/mol. The zero-order chi connectivity index (χ0) is 10.3. The van der Waals surface area contributed by atoms with E-state index < -0.39 is 0 Å². The van der Waals surface area contributed by atoms with E-state index in [9.17, 15) is 4.79 Å². The third kappa shape index (κ3) is 1.21. The Hall–Kier alpha value is -1.36. The molecule has 0 fully saturated rings. The summed E-state index contributed by atoms with van der Waals surface area (Å²) in [4.78, 5) is 11.6. The molecule has 0 spiro atoms. The van der Waals surface area contributed by atoms with Gasteiger partial charge in [-0.2, -0.15) is 10.1 Å². The third-order valence-corrected chi connectivity index (χ3v) is 2.46. The van der Waals surface area contributed by atoms with Crippen LogP contribution in [-0.2, 0) is 0 Å². The minimum Gasteiger partial charge on any atom is -0.282 e. The number of aromatic nitrogens is 2. The van der Waals surface area contributed by atoms with Crippen LogP contribution in [0.2, 0.25) is 0 Å². The Kier molecular flexibility index (Phi) is 2.03. The Labute approximate surface area is 82.7 Å². The molecule has 1 N–H and O–H groups in total. The molecule has 1 amide bonds. The van der Waals surface area contributed by atoms with Crippen molar-refractivity contribution in [1.82, 2.24) is 20.2 Å². The van der Waals surface area contributed by atoms with Crippen LogP contribution in [0.4, 0.5) is 0 Å². The average molecular weight is 194 g/mol. The van der Waals surface area contributed by atoms with Crippen molar-refractivity contribution in [2.24, 2.45) is 0 Å². The molecular formula is C9H14N4O. The van der Waals surface area contributed by atoms with E-state index in [1.54, 1.807) is 9.69 Å². The molecule has 5 heteroatoms. The maximum Gasteiger partial charge on any atom is 0.283 e. The average Bonchev–Trinajstić information content (AvgIpc) is 2.48. The van der Waals surface area contributed by atoms with Crippen LogP contribution >= 0.6 is 0 Å². The van der Waals surface area contributed by atoms with Gasteiger partial charge in [-0.3, -0.25) is 10.2 Å². The van der Waals surface area contributed by atoms with Gasteiger partial charge in [-0.05, 0) is 19.4 Å². The lowest BCUT2D eigenvalue weighted by atomic mass is 10.3. The Morgan fingerprint density at radius 2 is 2.36 bits per heavy atom. The molecule has 1 unspecified atom stereocenters. The predicted molar refractivity (Wildman–Crippen MR) is 51.5 cm³/mol. The summed E-state index contributed by atoms with van der Waals surface area (Å²) in [5, 5.41) is 6.11. The molecule has 0 aliphatic carbocycles. The van der Waals surface area contributed by atoms with E-state index in [-0.39, 0.29) is 12.1 Å². The van der Waals surface area contributed by atoms with Crippen molar-refractivity contribution in [3.63, 3.8) is 0 Å². The first kappa shape index (κ1) is 9.21. The molecule has 0 bridgehead atoms. The molecule has 0 saturated carbocycles. The highest BCUT2D eigenvalue weighted by Crippen LogP contribution is 2.20. The molecule has 1 atom stereocenters. The number of carbonyl (C=O) groups is 1. The number of carbonyl (C=O) groups excluding carboxylic acids is 1. The number of nitrogens with zero attached hydrogens (tertiary/aromatic N) is 3. The van der Waals surface area contributed by atoms with E-state index in [4.69, 9.17) is 0 Å². The van der Waals surface area contributed by atoms with E-state index in [1.807, 2.05) is 20.0 Å². The lowest BCUT2D eigenvalue weighted by Crippen LogP contribution is -2.49. The van der Waals surface area contributed by atoms with E-state index in [1.165, 1.54) is 0 Å². The summed E-state index contributed by atoms with van der Waals surface area (Å²) in [7, 11) is 1.85. The van der Waals surface area contributed by atoms with Crippen molar-refractivity contribution in [2.75, 3.05) is 7.05 Å². The van der Waals surface area contributed by atoms with Crippen LogP contribution in [0.25, 0.3) is 0 Å². The summed E-state index contributed by atoms with van der Waals surface area (Å²) in [6, 6.07) is 1.81. The standard InChI is InChI=1S/C9H14N4O/c1-4-8-12(3)11-9(14)7-5-6(2)10-13(7)8/h5,8H,4H2,1-3H3,(H,11,14). The van der Waals surface area contributed by atoms with Crippen LogP contribution in [0, 0.1) is 6.92 Å². The van der Waals surface area contributed by atoms with Crippen molar-refractivity contribution in [3.8, 4) is 0 Å². The van der Waals surface area contributed by atoms with Gasteiger partial charge in [0.05, 0.1) is 5.69 Å². The number of rotatable bonds is 1. The number of amides is 1. The number of fused-ring (bicyclic) bond motifs is 1. The van der Waals surface area contributed by atoms with Gasteiger partial charge in [0.25, 0.3) is 5.91 Å². The summed E-state index contributed by atoms with van der Waals surface area (Å²) in [5.41, 5.74) is 4.31. The van der Waals surface area contributed by atoms with E-state index >= 15 is 0 Å². The molecule has 2 heterocycles. The first-order chi connectivity index (χ1) is 6.63. The molecule has 1 aliphatic rings. The van der Waals surface area contributed by atoms with Crippen LogP contribution in [0.15, 0.2) is 6.07 Å². The molecule has 1 aromatic rings. The second-order valence-electron chi connectivity index (χ2n) is 3.56. The van der Waals surface area contributed by atoms with Gasteiger partial charge in [-0.15, -0.1) is 0 Å². The van der Waals surface area contributed by atoms with Crippen LogP contribution in [0.3, 0.4) is 0 Å². The molecular weight excluding hydrogens is 180 g/mol. The molecule has 0 aromatic carbocycles. The van der Waals surface area contributed by atoms with Gasteiger partial charge in [0, 0.05) is 7.05 Å². The summed E-state index contributed by atoms with van der Waals surface area (Å²) in [6.45, 7) is 3.96. The Morgan fingerprint density at radius 1 is 1.64 bits per heavy atom. The lowest BCUT2D eigenvalue weighted by Gasteiger charge is -2.32. The number of hydrazine groups is 1. The molecule has 14 heavy (non-hydrogen) atoms. The normalized spacial score (nSPS) is 21.9. The fourth-order valence-corrected chi connectivity index (χ4v) is 1.82. The maximum absolute atomic E-state index is 11.6. The van der Waals surface area contributed by atoms with Crippen molar-refractivity contribution in [2.45, 2.75) is 26.4 Å². The van der Waals surface area contributed by atoms with Crippen LogP contribution in [0.5, 0.6) is 0 Å². The van der Waals surface area contributed by atoms with Crippen LogP contribution in [0.1, 0.15) is 35.7 Å². The van der Waals surface area contributed by atoms with E-state index in [0.29, 0.717) is 5.69 Å². The fraction of sp³-hybridized carbons (Fsp3) is 0.556. The van der Waals surface area contributed by atoms with Crippen molar-refractivity contribution in [3.05, 3.63) is 17.5 Å². The first-order valence-corrected chi connectivity index (χ1v) is 4.73. The molecule has 76 valence electrons. The number of aryl methyl sites for hydroxylation is 1. The first-order valence-electron chi connectivity index (χ1n) is 4.73. The van der Waals surface area contributed by atoms with Crippen LogP contribution < -0.4 is 5.43 Å². The minimum atomic E-state index is -0.0854. The lowest BCUT2D eigenvalue weighted by molar-refractivity contribution is 0.0460. The predicted octanol–water partition coefficient (Wildman–Crippen LogP) is 0.690. The number of hydrogen-bond acceptors (Lipinski definition) is 3. The van der Waals surface area contributed by atoms with Gasteiger partial charge in [0.1, 0.15) is 11.9 Å². The fourth-order valence-electron chi connectivity index (χ4n) is 1.82. The number of nitrogens with one attached hydrogen (secondary N) is 1. The van der Waals surface area contributed by atoms with Gasteiger partial charge in [0.2, 0.25) is 0 Å². The summed E-state index contributed by atoms with van der Waals surface area (Å²) >= 11 is 0. The summed E-state index contributed by atoms with van der Waals surface area (Å²) in [6.07, 6.45) is 1.03. The van der Waals surface area contributed by atoms with Crippen molar-refractivity contribution >= 4 is 5.91 Å². The van der Waals surface area contributed by atoms with Gasteiger partial charge in [-0.25, -0.2) is 4.68 Å². The van der Waals surface area contributed by atoms with Gasteiger partial charge in [0.15, 0.2) is 0 Å². The molecule has 0 radical (unpaired) electrons. The summed E-state index contributed by atoms with van der Waals surface area (Å²) in [5.74, 6) is -0.0854.